The lowest BCUT2D eigenvalue weighted by Gasteiger charge is -2.33. The molecule has 0 aliphatic carbocycles. The number of aromatic hydroxyl groups is 1. The first-order valence-corrected chi connectivity index (χ1v) is 15.9. The van der Waals surface area contributed by atoms with Gasteiger partial charge in [-0.3, -0.25) is 9.88 Å². The highest BCUT2D eigenvalue weighted by atomic mass is 32.2. The normalized spacial score (nSPS) is 26.7. The topological polar surface area (TPSA) is 74.6 Å². The predicted octanol–water partition coefficient (Wildman–Crippen LogP) is 5.71. The van der Waals surface area contributed by atoms with Crippen molar-refractivity contribution in [3.8, 4) is 35.4 Å². The number of benzene rings is 2. The van der Waals surface area contributed by atoms with Crippen LogP contribution < -0.4 is 9.64 Å². The van der Waals surface area contributed by atoms with Crippen LogP contribution in [0.3, 0.4) is 0 Å². The van der Waals surface area contributed by atoms with Crippen LogP contribution >= 0.6 is 11.8 Å². The van der Waals surface area contributed by atoms with E-state index in [-0.39, 0.29) is 35.1 Å². The molecule has 1 N–H and O–H groups in total. The molecule has 43 heavy (non-hydrogen) atoms. The summed E-state index contributed by atoms with van der Waals surface area (Å²) >= 11 is 2.02. The zero-order valence-corrected chi connectivity index (χ0v) is 24.4. The fourth-order valence-corrected chi connectivity index (χ4v) is 9.29. The van der Waals surface area contributed by atoms with Gasteiger partial charge in [-0.2, -0.15) is 21.7 Å². The number of hydrogen-bond acceptors (Lipinski definition) is 8. The molecule has 0 amide bonds. The molecular formula is C33H31F2N5O2S. The molecule has 220 valence electrons. The van der Waals surface area contributed by atoms with Crippen LogP contribution in [0.2, 0.25) is 0 Å². The van der Waals surface area contributed by atoms with E-state index in [1.807, 2.05) is 17.8 Å². The van der Waals surface area contributed by atoms with E-state index in [9.17, 15) is 9.50 Å². The zero-order chi connectivity index (χ0) is 29.3. The summed E-state index contributed by atoms with van der Waals surface area (Å²) in [5, 5.41) is 13.3. The number of aromatic nitrogens is 3. The summed E-state index contributed by atoms with van der Waals surface area (Å²) in [5.74, 6) is 2.63. The predicted molar refractivity (Wildman–Crippen MR) is 165 cm³/mol. The largest absolute Gasteiger partial charge is 0.508 e. The molecule has 4 atom stereocenters. The molecule has 2 bridgehead atoms. The lowest BCUT2D eigenvalue weighted by atomic mass is 9.95. The van der Waals surface area contributed by atoms with E-state index >= 15 is 4.39 Å². The van der Waals surface area contributed by atoms with Crippen molar-refractivity contribution in [1.29, 1.82) is 0 Å². The fourth-order valence-electron chi connectivity index (χ4n) is 7.67. The van der Waals surface area contributed by atoms with Crippen molar-refractivity contribution in [3.63, 3.8) is 0 Å². The third-order valence-corrected chi connectivity index (χ3v) is 11.1. The lowest BCUT2D eigenvalue weighted by molar-refractivity contribution is 0.107. The van der Waals surface area contributed by atoms with Crippen LogP contribution in [0.5, 0.6) is 11.8 Å². The van der Waals surface area contributed by atoms with E-state index in [0.29, 0.717) is 56.6 Å². The molecule has 0 unspecified atom stereocenters. The number of hydrogen-bond donors (Lipinski definition) is 1. The number of halogens is 2. The van der Waals surface area contributed by atoms with E-state index in [1.165, 1.54) is 6.07 Å². The second kappa shape index (κ2) is 10.2. The SMILES string of the molecule is C#Cc1cccc2cc(O)cc(-c3ncc4c(N5C[C@H]6CC[C@@H](C5)S6)nc(OC[C@@]56CCCN5C[C@H](F)C6)nc4c3F)c12. The molecule has 2 aromatic carbocycles. The minimum absolute atomic E-state index is 0.0187. The Bertz CT molecular complexity index is 1800. The van der Waals surface area contributed by atoms with Crippen molar-refractivity contribution in [2.75, 3.05) is 37.7 Å². The molecule has 4 fully saturated rings. The van der Waals surface area contributed by atoms with Gasteiger partial charge in [-0.25, -0.2) is 8.78 Å². The average Bonchev–Trinajstić information content (AvgIpc) is 3.65. The summed E-state index contributed by atoms with van der Waals surface area (Å²) < 4.78 is 37.4. The second-order valence-corrected chi connectivity index (χ2v) is 13.9. The summed E-state index contributed by atoms with van der Waals surface area (Å²) in [6, 6.07) is 8.58. The maximum absolute atomic E-state index is 16.7. The van der Waals surface area contributed by atoms with Crippen molar-refractivity contribution in [2.24, 2.45) is 0 Å². The summed E-state index contributed by atoms with van der Waals surface area (Å²) in [4.78, 5) is 18.4. The third kappa shape index (κ3) is 4.47. The molecule has 0 saturated carbocycles. The molecule has 2 aromatic heterocycles. The Hall–Kier alpha value is -3.68. The Kier molecular flexibility index (Phi) is 6.39. The number of ether oxygens (including phenoxy) is 1. The van der Waals surface area contributed by atoms with Gasteiger partial charge in [0.1, 0.15) is 35.6 Å². The molecule has 4 aliphatic heterocycles. The Morgan fingerprint density at radius 3 is 2.81 bits per heavy atom. The van der Waals surface area contributed by atoms with Crippen molar-refractivity contribution < 1.29 is 18.6 Å². The van der Waals surface area contributed by atoms with Crippen LogP contribution in [0.15, 0.2) is 36.5 Å². The molecule has 7 nitrogen and oxygen atoms in total. The minimum Gasteiger partial charge on any atom is -0.508 e. The first-order valence-electron chi connectivity index (χ1n) is 14.9. The minimum atomic E-state index is -0.880. The number of terminal acetylenes is 1. The number of phenolic OH excluding ortho intramolecular Hbond substituents is 1. The van der Waals surface area contributed by atoms with Gasteiger partial charge in [-0.05, 0) is 55.8 Å². The van der Waals surface area contributed by atoms with Gasteiger partial charge in [0.2, 0.25) is 0 Å². The smallest absolute Gasteiger partial charge is 0.319 e. The number of nitrogens with zero attached hydrogens (tertiary/aromatic N) is 5. The van der Waals surface area contributed by atoms with Crippen LogP contribution in [0.4, 0.5) is 14.6 Å². The van der Waals surface area contributed by atoms with Crippen molar-refractivity contribution in [1.82, 2.24) is 19.9 Å². The first kappa shape index (κ1) is 26.9. The van der Waals surface area contributed by atoms with E-state index < -0.39 is 12.0 Å². The number of rotatable bonds is 5. The maximum Gasteiger partial charge on any atom is 0.319 e. The number of phenols is 1. The van der Waals surface area contributed by atoms with Crippen LogP contribution in [0, 0.1) is 18.2 Å². The zero-order valence-electron chi connectivity index (χ0n) is 23.6. The van der Waals surface area contributed by atoms with Gasteiger partial charge in [0, 0.05) is 59.3 Å². The monoisotopic (exact) mass is 599 g/mol. The van der Waals surface area contributed by atoms with Gasteiger partial charge >= 0.3 is 6.01 Å². The molecule has 4 aliphatic rings. The first-order chi connectivity index (χ1) is 20.9. The molecule has 4 saturated heterocycles. The Balaban J connectivity index is 1.27. The van der Waals surface area contributed by atoms with Gasteiger partial charge in [0.05, 0.1) is 10.9 Å². The number of thioether (sulfide) groups is 1. The van der Waals surface area contributed by atoms with Crippen LogP contribution in [0.25, 0.3) is 32.9 Å². The standard InChI is InChI=1S/C33H31F2N5O2S/c1-2-19-5-3-6-20-11-22(41)12-25(27(19)20)29-28(35)30-26(14-36-29)31(39-16-23-7-8-24(17-39)43-23)38-32(37-30)42-18-33-9-4-10-40(33)15-21(34)13-33/h1,3,5-6,11-12,14,21,23-24,41H,4,7-10,13,15-18H2/t21-,23-,24+,33+/m1/s1. The van der Waals surface area contributed by atoms with Crippen LogP contribution in [-0.2, 0) is 0 Å². The summed E-state index contributed by atoms with van der Waals surface area (Å²) in [7, 11) is 0. The van der Waals surface area contributed by atoms with Gasteiger partial charge in [-0.1, -0.05) is 18.1 Å². The Morgan fingerprint density at radius 2 is 2.00 bits per heavy atom. The Labute approximate surface area is 252 Å². The average molecular weight is 600 g/mol. The van der Waals surface area contributed by atoms with E-state index in [1.54, 1.807) is 24.4 Å². The number of pyridine rings is 1. The lowest BCUT2D eigenvalue weighted by Crippen LogP contribution is -2.43. The third-order valence-electron chi connectivity index (χ3n) is 9.59. The van der Waals surface area contributed by atoms with E-state index in [2.05, 4.69) is 25.7 Å². The molecular weight excluding hydrogens is 568 g/mol. The highest BCUT2D eigenvalue weighted by Gasteiger charge is 2.49. The quantitative estimate of drug-likeness (QED) is 0.293. The fraction of sp³-hybridized carbons (Fsp3) is 0.424. The molecule has 4 aromatic rings. The van der Waals surface area contributed by atoms with Crippen molar-refractivity contribution in [2.45, 2.75) is 54.3 Å². The molecule has 0 spiro atoms. The van der Waals surface area contributed by atoms with E-state index in [0.717, 1.165) is 45.3 Å². The second-order valence-electron chi connectivity index (χ2n) is 12.3. The number of alkyl halides is 1. The number of fused-ring (bicyclic) bond motifs is 5. The van der Waals surface area contributed by atoms with E-state index in [4.69, 9.17) is 16.1 Å². The Morgan fingerprint density at radius 1 is 1.16 bits per heavy atom. The summed E-state index contributed by atoms with van der Waals surface area (Å²) in [5.41, 5.74) is 0.717. The van der Waals surface area contributed by atoms with Crippen LogP contribution in [-0.4, -0.2) is 80.0 Å². The maximum atomic E-state index is 16.7. The van der Waals surface area contributed by atoms with Gasteiger partial charge in [-0.15, -0.1) is 6.42 Å². The molecule has 6 heterocycles. The van der Waals surface area contributed by atoms with Crippen molar-refractivity contribution in [3.05, 3.63) is 47.9 Å². The molecule has 8 rings (SSSR count). The van der Waals surface area contributed by atoms with Gasteiger partial charge in [0.15, 0.2) is 5.82 Å². The highest BCUT2D eigenvalue weighted by Crippen LogP contribution is 2.44. The van der Waals surface area contributed by atoms with Gasteiger partial charge < -0.3 is 14.7 Å². The molecule has 0 radical (unpaired) electrons. The molecule has 10 heteroatoms. The summed E-state index contributed by atoms with van der Waals surface area (Å²) in [6.45, 7) is 3.13. The highest BCUT2D eigenvalue weighted by molar-refractivity contribution is 8.00. The van der Waals surface area contributed by atoms with Crippen molar-refractivity contribution >= 4 is 39.3 Å². The van der Waals surface area contributed by atoms with Gasteiger partial charge in [0.25, 0.3) is 0 Å². The number of anilines is 1. The summed E-state index contributed by atoms with van der Waals surface area (Å²) in [6.07, 6.45) is 11.1. The van der Waals surface area contributed by atoms with Crippen LogP contribution in [0.1, 0.15) is 37.7 Å².